The first-order valence-electron chi connectivity index (χ1n) is 3.33. The predicted octanol–water partition coefficient (Wildman–Crippen LogP) is 1.64. The molecule has 0 radical (unpaired) electrons. The summed E-state index contributed by atoms with van der Waals surface area (Å²) in [5.41, 5.74) is -0.547. The monoisotopic (exact) mass is 124 g/mol. The molecular weight excluding hydrogens is 112 g/mol. The van der Waals surface area contributed by atoms with Crippen LogP contribution in [0.5, 0.6) is 0 Å². The van der Waals surface area contributed by atoms with E-state index in [0.717, 1.165) is 12.8 Å². The second-order valence-electron chi connectivity index (χ2n) is 2.45. The molecule has 0 spiro atoms. The van der Waals surface area contributed by atoms with Crippen LogP contribution in [0.3, 0.4) is 0 Å². The van der Waals surface area contributed by atoms with Gasteiger partial charge < -0.3 is 5.11 Å². The quantitative estimate of drug-likeness (QED) is 0.563. The molecule has 1 aliphatic rings. The maximum absolute atomic E-state index is 9.54. The van der Waals surface area contributed by atoms with Crippen molar-refractivity contribution in [3.05, 3.63) is 24.3 Å². The summed E-state index contributed by atoms with van der Waals surface area (Å²) < 4.78 is 0. The van der Waals surface area contributed by atoms with Gasteiger partial charge in [0.15, 0.2) is 0 Å². The zero-order valence-corrected chi connectivity index (χ0v) is 5.67. The molecule has 1 unspecified atom stereocenters. The zero-order valence-electron chi connectivity index (χ0n) is 5.67. The van der Waals surface area contributed by atoms with Crippen LogP contribution in [0.4, 0.5) is 0 Å². The van der Waals surface area contributed by atoms with Crippen LogP contribution >= 0.6 is 0 Å². The topological polar surface area (TPSA) is 20.2 Å². The highest BCUT2D eigenvalue weighted by Crippen LogP contribution is 2.20. The minimum atomic E-state index is -0.547. The van der Waals surface area contributed by atoms with E-state index in [1.807, 2.05) is 31.2 Å². The Kier molecular flexibility index (Phi) is 1.72. The summed E-state index contributed by atoms with van der Waals surface area (Å²) in [6.45, 7) is 1.99. The van der Waals surface area contributed by atoms with Crippen LogP contribution in [0.2, 0.25) is 0 Å². The van der Waals surface area contributed by atoms with Gasteiger partial charge in [-0.3, -0.25) is 0 Å². The Bertz CT molecular complexity index is 147. The van der Waals surface area contributed by atoms with E-state index < -0.39 is 5.60 Å². The highest BCUT2D eigenvalue weighted by molar-refractivity contribution is 5.17. The lowest BCUT2D eigenvalue weighted by atomic mass is 9.93. The Morgan fingerprint density at radius 2 is 2.33 bits per heavy atom. The smallest absolute Gasteiger partial charge is 0.0862 e. The van der Waals surface area contributed by atoms with Gasteiger partial charge in [-0.15, -0.1) is 0 Å². The normalized spacial score (nSPS) is 33.1. The molecule has 9 heavy (non-hydrogen) atoms. The number of hydrogen-bond acceptors (Lipinski definition) is 1. The predicted molar refractivity (Wildman–Crippen MR) is 38.1 cm³/mol. The summed E-state index contributed by atoms with van der Waals surface area (Å²) in [5.74, 6) is 0. The van der Waals surface area contributed by atoms with Crippen LogP contribution in [-0.4, -0.2) is 10.7 Å². The Balaban J connectivity index is 2.63. The first-order chi connectivity index (χ1) is 4.27. The molecule has 0 aliphatic heterocycles. The third-order valence-corrected chi connectivity index (χ3v) is 1.74. The van der Waals surface area contributed by atoms with Crippen molar-refractivity contribution in [2.24, 2.45) is 0 Å². The van der Waals surface area contributed by atoms with Crippen LogP contribution < -0.4 is 0 Å². The van der Waals surface area contributed by atoms with Gasteiger partial charge >= 0.3 is 0 Å². The Morgan fingerprint density at radius 1 is 1.56 bits per heavy atom. The van der Waals surface area contributed by atoms with Gasteiger partial charge in [-0.2, -0.15) is 0 Å². The van der Waals surface area contributed by atoms with Crippen molar-refractivity contribution >= 4 is 0 Å². The third-order valence-electron chi connectivity index (χ3n) is 1.74. The van der Waals surface area contributed by atoms with Crippen LogP contribution in [0.15, 0.2) is 24.3 Å². The Hall–Kier alpha value is -0.560. The Labute approximate surface area is 55.7 Å². The zero-order chi connectivity index (χ0) is 6.74. The van der Waals surface area contributed by atoms with Crippen molar-refractivity contribution in [3.8, 4) is 0 Å². The van der Waals surface area contributed by atoms with Crippen LogP contribution in [-0.2, 0) is 0 Å². The van der Waals surface area contributed by atoms with Gasteiger partial charge in [0.2, 0.25) is 0 Å². The molecule has 0 amide bonds. The van der Waals surface area contributed by atoms with E-state index in [2.05, 4.69) is 0 Å². The first-order valence-corrected chi connectivity index (χ1v) is 3.33. The molecule has 1 rings (SSSR count). The van der Waals surface area contributed by atoms with Gasteiger partial charge in [-0.1, -0.05) is 31.2 Å². The fourth-order valence-corrected chi connectivity index (χ4v) is 0.916. The highest BCUT2D eigenvalue weighted by atomic mass is 16.3. The van der Waals surface area contributed by atoms with E-state index in [1.165, 1.54) is 0 Å². The molecule has 1 atom stereocenters. The third kappa shape index (κ3) is 1.42. The van der Waals surface area contributed by atoms with Crippen molar-refractivity contribution < 1.29 is 5.11 Å². The number of aliphatic hydroxyl groups is 1. The average Bonchev–Trinajstić information content (AvgIpc) is 1.90. The van der Waals surface area contributed by atoms with Crippen molar-refractivity contribution in [2.75, 3.05) is 0 Å². The van der Waals surface area contributed by atoms with Gasteiger partial charge in [0.05, 0.1) is 5.60 Å². The molecule has 0 aromatic carbocycles. The molecule has 1 nitrogen and oxygen atoms in total. The lowest BCUT2D eigenvalue weighted by Gasteiger charge is -2.22. The van der Waals surface area contributed by atoms with E-state index in [-0.39, 0.29) is 0 Å². The van der Waals surface area contributed by atoms with Crippen LogP contribution in [0, 0.1) is 0 Å². The molecule has 1 N–H and O–H groups in total. The second kappa shape index (κ2) is 2.36. The number of allylic oxidation sites excluding steroid dienone is 2. The summed E-state index contributed by atoms with van der Waals surface area (Å²) in [6, 6.07) is 0. The minimum Gasteiger partial charge on any atom is -0.385 e. The maximum Gasteiger partial charge on any atom is 0.0862 e. The van der Waals surface area contributed by atoms with E-state index in [4.69, 9.17) is 0 Å². The molecule has 0 aromatic heterocycles. The van der Waals surface area contributed by atoms with Gasteiger partial charge in [0.25, 0.3) is 0 Å². The van der Waals surface area contributed by atoms with Gasteiger partial charge in [-0.05, 0) is 12.8 Å². The van der Waals surface area contributed by atoms with Gasteiger partial charge in [0, 0.05) is 0 Å². The standard InChI is InChI=1S/C8H12O/c1-2-8(9)6-4-3-5-7-8/h3-6,9H,2,7H2,1H3. The highest BCUT2D eigenvalue weighted by Gasteiger charge is 2.19. The summed E-state index contributed by atoms with van der Waals surface area (Å²) in [4.78, 5) is 0. The number of hydrogen-bond donors (Lipinski definition) is 1. The Morgan fingerprint density at radius 3 is 2.67 bits per heavy atom. The molecule has 0 aromatic rings. The maximum atomic E-state index is 9.54. The molecule has 0 bridgehead atoms. The van der Waals surface area contributed by atoms with Crippen molar-refractivity contribution in [1.29, 1.82) is 0 Å². The molecule has 50 valence electrons. The lowest BCUT2D eigenvalue weighted by molar-refractivity contribution is 0.0889. The van der Waals surface area contributed by atoms with Crippen molar-refractivity contribution in [1.82, 2.24) is 0 Å². The fourth-order valence-electron chi connectivity index (χ4n) is 0.916. The van der Waals surface area contributed by atoms with Crippen LogP contribution in [0.1, 0.15) is 19.8 Å². The van der Waals surface area contributed by atoms with E-state index in [0.29, 0.717) is 0 Å². The van der Waals surface area contributed by atoms with Crippen molar-refractivity contribution in [2.45, 2.75) is 25.4 Å². The average molecular weight is 124 g/mol. The van der Waals surface area contributed by atoms with E-state index in [1.54, 1.807) is 0 Å². The molecule has 0 saturated heterocycles. The van der Waals surface area contributed by atoms with E-state index >= 15 is 0 Å². The second-order valence-corrected chi connectivity index (χ2v) is 2.45. The summed E-state index contributed by atoms with van der Waals surface area (Å²) in [6.07, 6.45) is 9.27. The van der Waals surface area contributed by atoms with Gasteiger partial charge in [0.1, 0.15) is 0 Å². The summed E-state index contributed by atoms with van der Waals surface area (Å²) in [7, 11) is 0. The largest absolute Gasteiger partial charge is 0.385 e. The minimum absolute atomic E-state index is 0.547. The molecule has 1 heteroatoms. The molecular formula is C8H12O. The molecule has 0 fully saturated rings. The van der Waals surface area contributed by atoms with Gasteiger partial charge in [-0.25, -0.2) is 0 Å². The van der Waals surface area contributed by atoms with Crippen molar-refractivity contribution in [3.63, 3.8) is 0 Å². The summed E-state index contributed by atoms with van der Waals surface area (Å²) in [5, 5.41) is 9.54. The summed E-state index contributed by atoms with van der Waals surface area (Å²) >= 11 is 0. The number of rotatable bonds is 1. The first kappa shape index (κ1) is 6.56. The van der Waals surface area contributed by atoms with Crippen LogP contribution in [0.25, 0.3) is 0 Å². The fraction of sp³-hybridized carbons (Fsp3) is 0.500. The van der Waals surface area contributed by atoms with E-state index in [9.17, 15) is 5.11 Å². The molecule has 0 saturated carbocycles. The molecule has 1 aliphatic carbocycles. The molecule has 0 heterocycles. The SMILES string of the molecule is CCC1(O)C=CC=CC1. The lowest BCUT2D eigenvalue weighted by Crippen LogP contribution is -2.24.